The van der Waals surface area contributed by atoms with Crippen molar-refractivity contribution >= 4 is 11.9 Å². The minimum atomic E-state index is -0.836. The normalized spacial score (nSPS) is 17.9. The first-order chi connectivity index (χ1) is 10.1. The molecule has 1 amide bonds. The smallest absolute Gasteiger partial charge is 0.308 e. The second-order valence-corrected chi connectivity index (χ2v) is 5.10. The molecule has 0 radical (unpaired) electrons. The van der Waals surface area contributed by atoms with E-state index in [2.05, 4.69) is 4.98 Å². The zero-order chi connectivity index (χ0) is 14.8. The molecule has 108 valence electrons. The average Bonchev–Trinajstić information content (AvgIpc) is 3.18. The third-order valence-corrected chi connectivity index (χ3v) is 3.72. The van der Waals surface area contributed by atoms with Crippen molar-refractivity contribution in [2.75, 3.05) is 13.1 Å². The fourth-order valence-corrected chi connectivity index (χ4v) is 2.54. The number of imidazole rings is 1. The van der Waals surface area contributed by atoms with Crippen molar-refractivity contribution in [1.82, 2.24) is 14.5 Å². The van der Waals surface area contributed by atoms with Crippen molar-refractivity contribution in [3.05, 3.63) is 48.5 Å². The van der Waals surface area contributed by atoms with Crippen molar-refractivity contribution in [3.63, 3.8) is 0 Å². The van der Waals surface area contributed by atoms with Gasteiger partial charge in [0.25, 0.3) is 5.91 Å². The van der Waals surface area contributed by atoms with E-state index in [0.717, 1.165) is 5.69 Å². The minimum Gasteiger partial charge on any atom is -0.481 e. The van der Waals surface area contributed by atoms with Crippen LogP contribution in [0.3, 0.4) is 0 Å². The molecule has 0 spiro atoms. The van der Waals surface area contributed by atoms with Crippen LogP contribution < -0.4 is 0 Å². The predicted molar refractivity (Wildman–Crippen MR) is 75.2 cm³/mol. The lowest BCUT2D eigenvalue weighted by Crippen LogP contribution is -2.30. The number of likely N-dealkylation sites (tertiary alicyclic amines) is 1. The van der Waals surface area contributed by atoms with Gasteiger partial charge in [0.05, 0.1) is 12.2 Å². The minimum absolute atomic E-state index is 0.124. The zero-order valence-corrected chi connectivity index (χ0v) is 11.3. The van der Waals surface area contributed by atoms with Crippen LogP contribution in [-0.2, 0) is 4.79 Å². The van der Waals surface area contributed by atoms with Gasteiger partial charge in [-0.15, -0.1) is 0 Å². The highest BCUT2D eigenvalue weighted by Gasteiger charge is 2.31. The molecule has 1 aliphatic heterocycles. The molecule has 1 fully saturated rings. The van der Waals surface area contributed by atoms with Crippen molar-refractivity contribution < 1.29 is 14.7 Å². The molecule has 0 aliphatic carbocycles. The van der Waals surface area contributed by atoms with E-state index in [1.54, 1.807) is 35.8 Å². The first-order valence-electron chi connectivity index (χ1n) is 6.75. The molecule has 1 aliphatic rings. The third-order valence-electron chi connectivity index (χ3n) is 3.72. The van der Waals surface area contributed by atoms with Crippen molar-refractivity contribution in [2.24, 2.45) is 5.92 Å². The summed E-state index contributed by atoms with van der Waals surface area (Å²) in [6, 6.07) is 7.24. The van der Waals surface area contributed by atoms with Crippen molar-refractivity contribution in [1.29, 1.82) is 0 Å². The molecule has 0 saturated carbocycles. The zero-order valence-electron chi connectivity index (χ0n) is 11.3. The van der Waals surface area contributed by atoms with Crippen LogP contribution in [0.2, 0.25) is 0 Å². The molecule has 1 saturated heterocycles. The molecule has 1 aromatic heterocycles. The third kappa shape index (κ3) is 2.65. The van der Waals surface area contributed by atoms with Gasteiger partial charge >= 0.3 is 5.97 Å². The molecular weight excluding hydrogens is 270 g/mol. The number of hydrogen-bond acceptors (Lipinski definition) is 3. The molecule has 1 aromatic carbocycles. The first kappa shape index (κ1) is 13.4. The highest BCUT2D eigenvalue weighted by Crippen LogP contribution is 2.20. The summed E-state index contributed by atoms with van der Waals surface area (Å²) in [6.07, 6.45) is 5.66. The molecule has 1 atom stereocenters. The van der Waals surface area contributed by atoms with E-state index in [1.165, 1.54) is 0 Å². The Labute approximate surface area is 121 Å². The van der Waals surface area contributed by atoms with Gasteiger partial charge in [-0.25, -0.2) is 4.98 Å². The maximum Gasteiger partial charge on any atom is 0.308 e. The summed E-state index contributed by atoms with van der Waals surface area (Å²) in [5.41, 5.74) is 1.42. The van der Waals surface area contributed by atoms with Gasteiger partial charge in [-0.3, -0.25) is 9.59 Å². The standard InChI is InChI=1S/C15H15N3O3/c19-14(17-6-4-12(9-17)15(20)21)11-2-1-3-13(8-11)18-7-5-16-10-18/h1-3,5,7-8,10,12H,4,6,9H2,(H,20,21)/t12-/m1/s1. The Kier molecular flexibility index (Phi) is 3.43. The number of carboxylic acids is 1. The van der Waals surface area contributed by atoms with Crippen LogP contribution in [0.5, 0.6) is 0 Å². The van der Waals surface area contributed by atoms with Crippen LogP contribution in [0.25, 0.3) is 5.69 Å². The quantitative estimate of drug-likeness (QED) is 0.925. The van der Waals surface area contributed by atoms with Gasteiger partial charge in [-0.2, -0.15) is 0 Å². The summed E-state index contributed by atoms with van der Waals surface area (Å²) in [6.45, 7) is 0.772. The number of hydrogen-bond donors (Lipinski definition) is 1. The number of carbonyl (C=O) groups excluding carboxylic acids is 1. The van der Waals surface area contributed by atoms with E-state index in [9.17, 15) is 9.59 Å². The largest absolute Gasteiger partial charge is 0.481 e. The first-order valence-corrected chi connectivity index (χ1v) is 6.75. The van der Waals surface area contributed by atoms with Crippen LogP contribution in [0, 0.1) is 5.92 Å². The lowest BCUT2D eigenvalue weighted by molar-refractivity contribution is -0.141. The van der Waals surface area contributed by atoms with Gasteiger partial charge in [0, 0.05) is 36.7 Å². The molecule has 2 aromatic rings. The molecule has 0 unspecified atom stereocenters. The number of nitrogens with zero attached hydrogens (tertiary/aromatic N) is 3. The fraction of sp³-hybridized carbons (Fsp3) is 0.267. The number of amides is 1. The Morgan fingerprint density at radius 3 is 2.86 bits per heavy atom. The Morgan fingerprint density at radius 1 is 1.33 bits per heavy atom. The van der Waals surface area contributed by atoms with E-state index < -0.39 is 11.9 Å². The average molecular weight is 285 g/mol. The summed E-state index contributed by atoms with van der Waals surface area (Å²) >= 11 is 0. The van der Waals surface area contributed by atoms with Gasteiger partial charge in [0.1, 0.15) is 0 Å². The summed E-state index contributed by atoms with van der Waals surface area (Å²) in [4.78, 5) is 29.0. The van der Waals surface area contributed by atoms with Gasteiger partial charge in [-0.1, -0.05) is 6.07 Å². The molecule has 3 rings (SSSR count). The van der Waals surface area contributed by atoms with Crippen LogP contribution in [0.1, 0.15) is 16.8 Å². The van der Waals surface area contributed by atoms with Crippen molar-refractivity contribution in [2.45, 2.75) is 6.42 Å². The number of aromatic nitrogens is 2. The molecular formula is C15H15N3O3. The van der Waals surface area contributed by atoms with Crippen molar-refractivity contribution in [3.8, 4) is 5.69 Å². The number of benzene rings is 1. The number of carboxylic acid groups (broad SMARTS) is 1. The Bertz CT molecular complexity index is 667. The lowest BCUT2D eigenvalue weighted by atomic mass is 10.1. The van der Waals surface area contributed by atoms with Gasteiger partial charge in [-0.05, 0) is 24.6 Å². The summed E-state index contributed by atoms with van der Waals surface area (Å²) in [5, 5.41) is 9.00. The van der Waals surface area contributed by atoms with E-state index in [4.69, 9.17) is 5.11 Å². The number of rotatable bonds is 3. The predicted octanol–water partition coefficient (Wildman–Crippen LogP) is 1.42. The second kappa shape index (κ2) is 5.40. The SMILES string of the molecule is O=C(O)[C@@H]1CCN(C(=O)c2cccc(-n3ccnc3)c2)C1. The summed E-state index contributed by atoms with van der Waals surface area (Å²) in [5.74, 6) is -1.41. The molecule has 6 heteroatoms. The van der Waals surface area contributed by atoms with Crippen LogP contribution in [0.15, 0.2) is 43.0 Å². The van der Waals surface area contributed by atoms with E-state index in [1.807, 2.05) is 16.7 Å². The highest BCUT2D eigenvalue weighted by molar-refractivity contribution is 5.95. The molecule has 1 N–H and O–H groups in total. The molecule has 2 heterocycles. The van der Waals surface area contributed by atoms with E-state index >= 15 is 0 Å². The van der Waals surface area contributed by atoms with Gasteiger partial charge < -0.3 is 14.6 Å². The monoisotopic (exact) mass is 285 g/mol. The fourth-order valence-electron chi connectivity index (χ4n) is 2.54. The van der Waals surface area contributed by atoms with Crippen LogP contribution >= 0.6 is 0 Å². The van der Waals surface area contributed by atoms with Crippen LogP contribution in [-0.4, -0.2) is 44.5 Å². The topological polar surface area (TPSA) is 75.4 Å². The highest BCUT2D eigenvalue weighted by atomic mass is 16.4. The van der Waals surface area contributed by atoms with Gasteiger partial charge in [0.2, 0.25) is 0 Å². The maximum atomic E-state index is 12.4. The molecule has 21 heavy (non-hydrogen) atoms. The number of aliphatic carboxylic acids is 1. The van der Waals surface area contributed by atoms with E-state index in [0.29, 0.717) is 18.5 Å². The van der Waals surface area contributed by atoms with Gasteiger partial charge in [0.15, 0.2) is 0 Å². The van der Waals surface area contributed by atoms with Crippen LogP contribution in [0.4, 0.5) is 0 Å². The Balaban J connectivity index is 1.80. The lowest BCUT2D eigenvalue weighted by Gasteiger charge is -2.16. The second-order valence-electron chi connectivity index (χ2n) is 5.10. The Morgan fingerprint density at radius 2 is 2.19 bits per heavy atom. The summed E-state index contributed by atoms with van der Waals surface area (Å²) in [7, 11) is 0. The number of carbonyl (C=O) groups is 2. The maximum absolute atomic E-state index is 12.4. The van der Waals surface area contributed by atoms with E-state index in [-0.39, 0.29) is 12.5 Å². The molecule has 0 bridgehead atoms. The summed E-state index contributed by atoms with van der Waals surface area (Å²) < 4.78 is 1.82. The molecule has 6 nitrogen and oxygen atoms in total. The Hall–Kier alpha value is -2.63.